The maximum atomic E-state index is 11.9. The third-order valence-electron chi connectivity index (χ3n) is 3.97. The SMILES string of the molecule is CCc1cccc(CC)c1NC(N)=NCCNC(=O)c1ccccc1. The summed E-state index contributed by atoms with van der Waals surface area (Å²) in [5.41, 5.74) is 10.1. The Kier molecular flexibility index (Phi) is 7.01. The van der Waals surface area contributed by atoms with E-state index in [0.717, 1.165) is 18.5 Å². The molecule has 132 valence electrons. The summed E-state index contributed by atoms with van der Waals surface area (Å²) in [4.78, 5) is 16.2. The second-order valence-corrected chi connectivity index (χ2v) is 5.67. The molecule has 5 heteroatoms. The van der Waals surface area contributed by atoms with Crippen LogP contribution in [-0.2, 0) is 12.8 Å². The molecule has 0 aliphatic rings. The number of amides is 1. The number of nitrogens with two attached hydrogens (primary N) is 1. The fourth-order valence-electron chi connectivity index (χ4n) is 2.61. The first-order valence-corrected chi connectivity index (χ1v) is 8.66. The van der Waals surface area contributed by atoms with Crippen molar-refractivity contribution in [3.63, 3.8) is 0 Å². The van der Waals surface area contributed by atoms with Crippen LogP contribution < -0.4 is 16.4 Å². The number of aryl methyl sites for hydroxylation is 2. The van der Waals surface area contributed by atoms with Crippen LogP contribution in [0.5, 0.6) is 0 Å². The van der Waals surface area contributed by atoms with Gasteiger partial charge in [0.15, 0.2) is 5.96 Å². The zero-order valence-electron chi connectivity index (χ0n) is 14.9. The van der Waals surface area contributed by atoms with E-state index < -0.39 is 0 Å². The summed E-state index contributed by atoms with van der Waals surface area (Å²) in [6.07, 6.45) is 1.85. The predicted octanol–water partition coefficient (Wildman–Crippen LogP) is 2.97. The van der Waals surface area contributed by atoms with Gasteiger partial charge in [-0.15, -0.1) is 0 Å². The molecule has 0 bridgehead atoms. The topological polar surface area (TPSA) is 79.5 Å². The first-order chi connectivity index (χ1) is 12.2. The van der Waals surface area contributed by atoms with Crippen molar-refractivity contribution in [1.82, 2.24) is 5.32 Å². The van der Waals surface area contributed by atoms with Gasteiger partial charge in [0, 0.05) is 17.8 Å². The van der Waals surface area contributed by atoms with Crippen molar-refractivity contribution in [2.75, 3.05) is 18.4 Å². The van der Waals surface area contributed by atoms with Gasteiger partial charge in [-0.1, -0.05) is 50.2 Å². The van der Waals surface area contributed by atoms with E-state index in [4.69, 9.17) is 5.73 Å². The van der Waals surface area contributed by atoms with Crippen molar-refractivity contribution >= 4 is 17.6 Å². The number of rotatable bonds is 7. The average Bonchev–Trinajstić information content (AvgIpc) is 2.65. The summed E-state index contributed by atoms with van der Waals surface area (Å²) in [5.74, 6) is 0.261. The van der Waals surface area contributed by atoms with Crippen molar-refractivity contribution < 1.29 is 4.79 Å². The Morgan fingerprint density at radius 1 is 1.00 bits per heavy atom. The standard InChI is InChI=1S/C20H26N4O/c1-3-15-11-8-12-16(4-2)18(15)24-20(21)23-14-13-22-19(25)17-9-6-5-7-10-17/h5-12H,3-4,13-14H2,1-2H3,(H,22,25)(H3,21,23,24). The minimum atomic E-state index is -0.105. The smallest absolute Gasteiger partial charge is 0.251 e. The third kappa shape index (κ3) is 5.35. The molecule has 0 saturated carbocycles. The zero-order chi connectivity index (χ0) is 18.1. The lowest BCUT2D eigenvalue weighted by Crippen LogP contribution is -2.28. The highest BCUT2D eigenvalue weighted by molar-refractivity contribution is 5.94. The first kappa shape index (κ1) is 18.5. The lowest BCUT2D eigenvalue weighted by Gasteiger charge is -2.14. The summed E-state index contributed by atoms with van der Waals surface area (Å²) < 4.78 is 0. The first-order valence-electron chi connectivity index (χ1n) is 8.66. The number of aliphatic imine (C=N–C) groups is 1. The Morgan fingerprint density at radius 2 is 1.64 bits per heavy atom. The van der Waals surface area contributed by atoms with Gasteiger partial charge in [0.05, 0.1) is 6.54 Å². The molecule has 0 heterocycles. The van der Waals surface area contributed by atoms with Crippen LogP contribution in [-0.4, -0.2) is 25.0 Å². The van der Waals surface area contributed by atoms with E-state index in [1.54, 1.807) is 12.1 Å². The van der Waals surface area contributed by atoms with Gasteiger partial charge in [0.1, 0.15) is 0 Å². The van der Waals surface area contributed by atoms with Gasteiger partial charge < -0.3 is 16.4 Å². The molecular formula is C20H26N4O. The molecule has 5 nitrogen and oxygen atoms in total. The molecule has 1 amide bonds. The molecule has 0 fully saturated rings. The second-order valence-electron chi connectivity index (χ2n) is 5.67. The third-order valence-corrected chi connectivity index (χ3v) is 3.97. The highest BCUT2D eigenvalue weighted by Crippen LogP contribution is 2.22. The van der Waals surface area contributed by atoms with E-state index in [1.165, 1.54) is 11.1 Å². The monoisotopic (exact) mass is 338 g/mol. The van der Waals surface area contributed by atoms with Gasteiger partial charge in [-0.2, -0.15) is 0 Å². The molecule has 2 aromatic rings. The molecule has 0 aromatic heterocycles. The van der Waals surface area contributed by atoms with Crippen LogP contribution in [0.2, 0.25) is 0 Å². The fourth-order valence-corrected chi connectivity index (χ4v) is 2.61. The summed E-state index contributed by atoms with van der Waals surface area (Å²) in [6, 6.07) is 15.4. The number of para-hydroxylation sites is 1. The summed E-state index contributed by atoms with van der Waals surface area (Å²) in [6.45, 7) is 5.10. The molecule has 25 heavy (non-hydrogen) atoms. The predicted molar refractivity (Wildman–Crippen MR) is 104 cm³/mol. The van der Waals surface area contributed by atoms with Crippen molar-refractivity contribution in [3.8, 4) is 0 Å². The van der Waals surface area contributed by atoms with Crippen LogP contribution in [0, 0.1) is 0 Å². The molecule has 0 unspecified atom stereocenters. The van der Waals surface area contributed by atoms with E-state index in [-0.39, 0.29) is 5.91 Å². The average molecular weight is 338 g/mol. The van der Waals surface area contributed by atoms with Crippen molar-refractivity contribution in [2.24, 2.45) is 10.7 Å². The van der Waals surface area contributed by atoms with Crippen LogP contribution in [0.3, 0.4) is 0 Å². The van der Waals surface area contributed by atoms with Crippen LogP contribution in [0.25, 0.3) is 0 Å². The van der Waals surface area contributed by atoms with Gasteiger partial charge in [0.25, 0.3) is 5.91 Å². The quantitative estimate of drug-likeness (QED) is 0.412. The van der Waals surface area contributed by atoms with Crippen molar-refractivity contribution in [2.45, 2.75) is 26.7 Å². The molecule has 0 saturated heterocycles. The molecule has 0 radical (unpaired) electrons. The molecule has 0 aliphatic heterocycles. The number of benzene rings is 2. The largest absolute Gasteiger partial charge is 0.370 e. The Morgan fingerprint density at radius 3 is 2.24 bits per heavy atom. The van der Waals surface area contributed by atoms with E-state index in [9.17, 15) is 4.79 Å². The molecule has 4 N–H and O–H groups in total. The maximum Gasteiger partial charge on any atom is 0.251 e. The van der Waals surface area contributed by atoms with E-state index in [2.05, 4.69) is 47.7 Å². The van der Waals surface area contributed by atoms with Crippen molar-refractivity contribution in [3.05, 3.63) is 65.2 Å². The Balaban J connectivity index is 1.89. The number of anilines is 1. The van der Waals surface area contributed by atoms with Gasteiger partial charge in [0.2, 0.25) is 0 Å². The van der Waals surface area contributed by atoms with Crippen LogP contribution in [0.1, 0.15) is 35.3 Å². The maximum absolute atomic E-state index is 11.9. The zero-order valence-corrected chi connectivity index (χ0v) is 14.9. The van der Waals surface area contributed by atoms with Crippen LogP contribution in [0.4, 0.5) is 5.69 Å². The Labute approximate surface area is 149 Å². The van der Waals surface area contributed by atoms with Gasteiger partial charge in [-0.25, -0.2) is 0 Å². The van der Waals surface area contributed by atoms with E-state index in [1.807, 2.05) is 18.2 Å². The number of guanidine groups is 1. The summed E-state index contributed by atoms with van der Waals surface area (Å²) >= 11 is 0. The molecule has 0 spiro atoms. The van der Waals surface area contributed by atoms with Crippen LogP contribution >= 0.6 is 0 Å². The van der Waals surface area contributed by atoms with E-state index >= 15 is 0 Å². The highest BCUT2D eigenvalue weighted by atomic mass is 16.1. The van der Waals surface area contributed by atoms with Gasteiger partial charge >= 0.3 is 0 Å². The van der Waals surface area contributed by atoms with Crippen LogP contribution in [0.15, 0.2) is 53.5 Å². The number of carbonyl (C=O) groups excluding carboxylic acids is 1. The number of hydrogen-bond donors (Lipinski definition) is 3. The number of carbonyl (C=O) groups is 1. The molecule has 0 atom stereocenters. The van der Waals surface area contributed by atoms with Gasteiger partial charge in [-0.05, 0) is 36.1 Å². The summed E-state index contributed by atoms with van der Waals surface area (Å²) in [7, 11) is 0. The normalized spacial score (nSPS) is 11.2. The minimum Gasteiger partial charge on any atom is -0.370 e. The molecular weight excluding hydrogens is 312 g/mol. The molecule has 0 aliphatic carbocycles. The van der Waals surface area contributed by atoms with Gasteiger partial charge in [-0.3, -0.25) is 9.79 Å². The second kappa shape index (κ2) is 9.47. The lowest BCUT2D eigenvalue weighted by atomic mass is 10.0. The Hall–Kier alpha value is -2.82. The molecule has 2 rings (SSSR count). The van der Waals surface area contributed by atoms with E-state index in [0.29, 0.717) is 24.6 Å². The fraction of sp³-hybridized carbons (Fsp3) is 0.300. The number of hydrogen-bond acceptors (Lipinski definition) is 2. The minimum absolute atomic E-state index is 0.105. The summed E-state index contributed by atoms with van der Waals surface area (Å²) in [5, 5.41) is 6.05. The van der Waals surface area contributed by atoms with Crippen molar-refractivity contribution in [1.29, 1.82) is 0 Å². The number of nitrogens with zero attached hydrogens (tertiary/aromatic N) is 1. The Bertz CT molecular complexity index is 703. The lowest BCUT2D eigenvalue weighted by molar-refractivity contribution is 0.0955. The number of nitrogens with one attached hydrogen (secondary N) is 2. The molecule has 2 aromatic carbocycles. The highest BCUT2D eigenvalue weighted by Gasteiger charge is 2.07.